The topological polar surface area (TPSA) is 21.3 Å². The van der Waals surface area contributed by atoms with Crippen LogP contribution in [0.15, 0.2) is 22.7 Å². The fourth-order valence-electron chi connectivity index (χ4n) is 2.00. The molecule has 1 aromatic carbocycles. The van der Waals surface area contributed by atoms with Crippen molar-refractivity contribution in [2.75, 3.05) is 13.7 Å². The van der Waals surface area contributed by atoms with E-state index in [0.29, 0.717) is 6.04 Å². The third kappa shape index (κ3) is 4.32. The number of ether oxygens (including phenoxy) is 1. The summed E-state index contributed by atoms with van der Waals surface area (Å²) in [5, 5.41) is 3.53. The molecule has 3 heteroatoms. The average molecular weight is 300 g/mol. The van der Waals surface area contributed by atoms with Crippen molar-refractivity contribution in [3.63, 3.8) is 0 Å². The van der Waals surface area contributed by atoms with Crippen molar-refractivity contribution in [2.24, 2.45) is 0 Å². The molecule has 1 unspecified atom stereocenters. The maximum Gasteiger partial charge on any atom is 0.123 e. The van der Waals surface area contributed by atoms with E-state index in [4.69, 9.17) is 4.74 Å². The second kappa shape index (κ2) is 7.72. The van der Waals surface area contributed by atoms with Crippen LogP contribution in [0, 0.1) is 0 Å². The fourth-order valence-corrected chi connectivity index (χ4v) is 2.38. The van der Waals surface area contributed by atoms with Gasteiger partial charge in [0.1, 0.15) is 5.75 Å². The molecule has 0 aliphatic heterocycles. The van der Waals surface area contributed by atoms with Crippen molar-refractivity contribution in [2.45, 2.75) is 39.2 Å². The van der Waals surface area contributed by atoms with Gasteiger partial charge in [-0.05, 0) is 31.2 Å². The van der Waals surface area contributed by atoms with Gasteiger partial charge in [0.15, 0.2) is 0 Å². The number of benzene rings is 1. The van der Waals surface area contributed by atoms with Gasteiger partial charge in [-0.2, -0.15) is 0 Å². The van der Waals surface area contributed by atoms with Crippen molar-refractivity contribution in [3.8, 4) is 5.75 Å². The summed E-state index contributed by atoms with van der Waals surface area (Å²) in [6, 6.07) is 6.58. The molecule has 0 amide bonds. The second-order valence-corrected chi connectivity index (χ2v) is 5.05. The molecular formula is C14H22BrNO. The highest BCUT2D eigenvalue weighted by atomic mass is 79.9. The van der Waals surface area contributed by atoms with E-state index in [1.807, 2.05) is 12.1 Å². The van der Waals surface area contributed by atoms with Crippen LogP contribution in [0.1, 0.15) is 44.7 Å². The van der Waals surface area contributed by atoms with Crippen LogP contribution in [0.2, 0.25) is 0 Å². The molecule has 1 atom stereocenters. The molecule has 0 saturated heterocycles. The van der Waals surface area contributed by atoms with Gasteiger partial charge in [0.25, 0.3) is 0 Å². The van der Waals surface area contributed by atoms with E-state index < -0.39 is 0 Å². The predicted octanol–water partition coefficient (Wildman–Crippen LogP) is 4.30. The maximum atomic E-state index is 5.45. The Morgan fingerprint density at radius 1 is 1.35 bits per heavy atom. The van der Waals surface area contributed by atoms with Gasteiger partial charge >= 0.3 is 0 Å². The Labute approximate surface area is 113 Å². The number of methoxy groups -OCH3 is 1. The van der Waals surface area contributed by atoms with Crippen LogP contribution in [0.3, 0.4) is 0 Å². The second-order valence-electron chi connectivity index (χ2n) is 4.14. The maximum absolute atomic E-state index is 5.45. The molecule has 1 N–H and O–H groups in total. The van der Waals surface area contributed by atoms with E-state index >= 15 is 0 Å². The number of nitrogens with one attached hydrogen (secondary N) is 1. The summed E-state index contributed by atoms with van der Waals surface area (Å²) < 4.78 is 6.55. The van der Waals surface area contributed by atoms with E-state index in [1.165, 1.54) is 18.4 Å². The number of hydrogen-bond donors (Lipinski definition) is 1. The van der Waals surface area contributed by atoms with Gasteiger partial charge in [-0.3, -0.25) is 0 Å². The van der Waals surface area contributed by atoms with Crippen molar-refractivity contribution >= 4 is 15.9 Å². The first-order valence-electron chi connectivity index (χ1n) is 6.29. The summed E-state index contributed by atoms with van der Waals surface area (Å²) in [5.41, 5.74) is 1.25. The van der Waals surface area contributed by atoms with Crippen molar-refractivity contribution in [1.29, 1.82) is 0 Å². The molecule has 1 rings (SSSR count). The summed E-state index contributed by atoms with van der Waals surface area (Å²) >= 11 is 3.53. The highest BCUT2D eigenvalue weighted by molar-refractivity contribution is 9.10. The van der Waals surface area contributed by atoms with Crippen molar-refractivity contribution in [3.05, 3.63) is 28.2 Å². The van der Waals surface area contributed by atoms with Gasteiger partial charge in [0, 0.05) is 16.1 Å². The minimum atomic E-state index is 0.382. The number of halogens is 1. The molecule has 17 heavy (non-hydrogen) atoms. The molecule has 1 aromatic rings. The van der Waals surface area contributed by atoms with Gasteiger partial charge < -0.3 is 10.1 Å². The van der Waals surface area contributed by atoms with Gasteiger partial charge in [-0.15, -0.1) is 0 Å². The third-order valence-corrected chi connectivity index (χ3v) is 3.36. The van der Waals surface area contributed by atoms with Crippen LogP contribution >= 0.6 is 15.9 Å². The molecule has 0 radical (unpaired) electrons. The summed E-state index contributed by atoms with van der Waals surface area (Å²) in [4.78, 5) is 0. The van der Waals surface area contributed by atoms with E-state index in [9.17, 15) is 0 Å². The van der Waals surface area contributed by atoms with Crippen LogP contribution in [0.4, 0.5) is 0 Å². The molecule has 0 aliphatic carbocycles. The zero-order valence-corrected chi connectivity index (χ0v) is 12.5. The largest absolute Gasteiger partial charge is 0.496 e. The lowest BCUT2D eigenvalue weighted by Crippen LogP contribution is -2.21. The fraction of sp³-hybridized carbons (Fsp3) is 0.571. The highest BCUT2D eigenvalue weighted by Gasteiger charge is 2.15. The van der Waals surface area contributed by atoms with Crippen molar-refractivity contribution < 1.29 is 4.74 Å². The molecule has 0 spiro atoms. The van der Waals surface area contributed by atoms with Crippen LogP contribution < -0.4 is 10.1 Å². The molecule has 0 aliphatic rings. The molecule has 0 heterocycles. The van der Waals surface area contributed by atoms with Crippen molar-refractivity contribution in [1.82, 2.24) is 5.32 Å². The highest BCUT2D eigenvalue weighted by Crippen LogP contribution is 2.31. The molecule has 0 bridgehead atoms. The molecule has 96 valence electrons. The lowest BCUT2D eigenvalue weighted by Gasteiger charge is -2.21. The Bertz CT molecular complexity index is 341. The van der Waals surface area contributed by atoms with E-state index in [-0.39, 0.29) is 0 Å². The smallest absolute Gasteiger partial charge is 0.123 e. The SMILES string of the molecule is CCCCC(NCC)c1cc(Br)ccc1OC. The van der Waals surface area contributed by atoms with Gasteiger partial charge in [0.05, 0.1) is 7.11 Å². The number of rotatable bonds is 7. The molecular weight excluding hydrogens is 278 g/mol. The normalized spacial score (nSPS) is 12.5. The quantitative estimate of drug-likeness (QED) is 0.810. The van der Waals surface area contributed by atoms with E-state index in [0.717, 1.165) is 23.2 Å². The summed E-state index contributed by atoms with van der Waals surface area (Å²) in [5.74, 6) is 0.968. The number of unbranched alkanes of at least 4 members (excludes halogenated alkanes) is 1. The molecule has 0 aromatic heterocycles. The summed E-state index contributed by atoms with van der Waals surface area (Å²) in [6.45, 7) is 5.34. The standard InChI is InChI=1S/C14H22BrNO/c1-4-6-7-13(16-5-2)12-10-11(15)8-9-14(12)17-3/h8-10,13,16H,4-7H2,1-3H3. The monoisotopic (exact) mass is 299 g/mol. The Hall–Kier alpha value is -0.540. The first kappa shape index (κ1) is 14.5. The van der Waals surface area contributed by atoms with Gasteiger partial charge in [0.2, 0.25) is 0 Å². The first-order valence-corrected chi connectivity index (χ1v) is 7.09. The third-order valence-electron chi connectivity index (χ3n) is 2.86. The zero-order chi connectivity index (χ0) is 12.7. The Morgan fingerprint density at radius 2 is 2.12 bits per heavy atom. The number of hydrogen-bond acceptors (Lipinski definition) is 2. The molecule has 2 nitrogen and oxygen atoms in total. The Morgan fingerprint density at radius 3 is 2.71 bits per heavy atom. The Kier molecular flexibility index (Phi) is 6.60. The van der Waals surface area contributed by atoms with Gasteiger partial charge in [-0.1, -0.05) is 42.6 Å². The lowest BCUT2D eigenvalue weighted by molar-refractivity contribution is 0.394. The minimum absolute atomic E-state index is 0.382. The zero-order valence-electron chi connectivity index (χ0n) is 10.9. The Balaban J connectivity index is 2.93. The van der Waals surface area contributed by atoms with Crippen LogP contribution in [0.5, 0.6) is 5.75 Å². The average Bonchev–Trinajstić information content (AvgIpc) is 2.34. The minimum Gasteiger partial charge on any atom is -0.496 e. The van der Waals surface area contributed by atoms with Crippen LogP contribution in [0.25, 0.3) is 0 Å². The lowest BCUT2D eigenvalue weighted by atomic mass is 10.00. The predicted molar refractivity (Wildman–Crippen MR) is 76.6 cm³/mol. The first-order chi connectivity index (χ1) is 8.22. The van der Waals surface area contributed by atoms with Crippen LogP contribution in [-0.4, -0.2) is 13.7 Å². The summed E-state index contributed by atoms with van der Waals surface area (Å²) in [6.07, 6.45) is 3.60. The van der Waals surface area contributed by atoms with E-state index in [1.54, 1.807) is 7.11 Å². The molecule has 0 saturated carbocycles. The summed E-state index contributed by atoms with van der Waals surface area (Å²) in [7, 11) is 1.73. The molecule has 0 fully saturated rings. The van der Waals surface area contributed by atoms with E-state index in [2.05, 4.69) is 41.2 Å². The van der Waals surface area contributed by atoms with Gasteiger partial charge in [-0.25, -0.2) is 0 Å². The van der Waals surface area contributed by atoms with Crippen LogP contribution in [-0.2, 0) is 0 Å².